The van der Waals surface area contributed by atoms with Crippen molar-refractivity contribution in [3.8, 4) is 0 Å². The summed E-state index contributed by atoms with van der Waals surface area (Å²) in [6, 6.07) is 1.49. The molecule has 2 amide bonds. The van der Waals surface area contributed by atoms with Gasteiger partial charge in [0.1, 0.15) is 6.26 Å². The number of piperazine rings is 1. The van der Waals surface area contributed by atoms with Crippen LogP contribution in [0.3, 0.4) is 0 Å². The SMILES string of the molecule is CCC(C)(C)NC(=O)C(C)N1CCN(C(=O)c2ccoc2)CC1. The molecule has 0 radical (unpaired) electrons. The summed E-state index contributed by atoms with van der Waals surface area (Å²) < 4.78 is 4.96. The number of nitrogens with one attached hydrogen (secondary N) is 1. The summed E-state index contributed by atoms with van der Waals surface area (Å²) >= 11 is 0. The van der Waals surface area contributed by atoms with Gasteiger partial charge in [-0.05, 0) is 33.3 Å². The van der Waals surface area contributed by atoms with Crippen LogP contribution in [0, 0.1) is 0 Å². The molecule has 0 spiro atoms. The molecular formula is C17H27N3O3. The molecule has 1 saturated heterocycles. The number of nitrogens with zero attached hydrogens (tertiary/aromatic N) is 2. The lowest BCUT2D eigenvalue weighted by atomic mass is 10.0. The number of hydrogen-bond acceptors (Lipinski definition) is 4. The van der Waals surface area contributed by atoms with Crippen LogP contribution in [0.25, 0.3) is 0 Å². The molecule has 0 aliphatic carbocycles. The number of rotatable bonds is 5. The molecule has 1 aliphatic heterocycles. The van der Waals surface area contributed by atoms with Crippen molar-refractivity contribution < 1.29 is 14.0 Å². The van der Waals surface area contributed by atoms with Gasteiger partial charge in [-0.25, -0.2) is 0 Å². The highest BCUT2D eigenvalue weighted by Gasteiger charge is 2.30. The highest BCUT2D eigenvalue weighted by Crippen LogP contribution is 2.13. The van der Waals surface area contributed by atoms with E-state index in [9.17, 15) is 9.59 Å². The summed E-state index contributed by atoms with van der Waals surface area (Å²) in [6.07, 6.45) is 3.86. The first-order valence-electron chi connectivity index (χ1n) is 8.21. The standard InChI is InChI=1S/C17H27N3O3/c1-5-17(3,4)18-15(21)13(2)19-7-9-20(10-8-19)16(22)14-6-11-23-12-14/h6,11-13H,5,7-10H2,1-4H3,(H,18,21). The van der Waals surface area contributed by atoms with Gasteiger partial charge in [0.25, 0.3) is 5.91 Å². The van der Waals surface area contributed by atoms with Gasteiger partial charge in [-0.15, -0.1) is 0 Å². The van der Waals surface area contributed by atoms with E-state index in [1.165, 1.54) is 12.5 Å². The molecule has 6 nitrogen and oxygen atoms in total. The molecule has 1 aromatic rings. The third-order valence-corrected chi connectivity index (χ3v) is 4.64. The van der Waals surface area contributed by atoms with Gasteiger partial charge in [0.2, 0.25) is 5.91 Å². The Kier molecular flexibility index (Phi) is 5.46. The van der Waals surface area contributed by atoms with E-state index >= 15 is 0 Å². The average molecular weight is 321 g/mol. The minimum atomic E-state index is -0.190. The molecule has 2 rings (SSSR count). The van der Waals surface area contributed by atoms with Crippen molar-refractivity contribution in [3.05, 3.63) is 24.2 Å². The smallest absolute Gasteiger partial charge is 0.257 e. The van der Waals surface area contributed by atoms with Crippen LogP contribution in [-0.4, -0.2) is 59.4 Å². The first-order valence-corrected chi connectivity index (χ1v) is 8.21. The van der Waals surface area contributed by atoms with Gasteiger partial charge in [0.15, 0.2) is 0 Å². The molecule has 1 unspecified atom stereocenters. The number of carbonyl (C=O) groups excluding carboxylic acids is 2. The van der Waals surface area contributed by atoms with Gasteiger partial charge in [-0.1, -0.05) is 6.92 Å². The average Bonchev–Trinajstić information content (AvgIpc) is 3.07. The van der Waals surface area contributed by atoms with Crippen LogP contribution in [-0.2, 0) is 4.79 Å². The molecular weight excluding hydrogens is 294 g/mol. The maximum absolute atomic E-state index is 12.4. The van der Waals surface area contributed by atoms with E-state index in [0.29, 0.717) is 31.7 Å². The zero-order valence-corrected chi connectivity index (χ0v) is 14.5. The van der Waals surface area contributed by atoms with Gasteiger partial charge in [-0.2, -0.15) is 0 Å². The van der Waals surface area contributed by atoms with E-state index in [-0.39, 0.29) is 23.4 Å². The Bertz CT molecular complexity index is 531. The third kappa shape index (κ3) is 4.34. The van der Waals surface area contributed by atoms with Crippen LogP contribution < -0.4 is 5.32 Å². The highest BCUT2D eigenvalue weighted by molar-refractivity contribution is 5.93. The molecule has 1 aliphatic rings. The minimum Gasteiger partial charge on any atom is -0.472 e. The van der Waals surface area contributed by atoms with Crippen LogP contribution in [0.2, 0.25) is 0 Å². The molecule has 0 aromatic carbocycles. The topological polar surface area (TPSA) is 65.8 Å². The maximum Gasteiger partial charge on any atom is 0.257 e. The van der Waals surface area contributed by atoms with Crippen molar-refractivity contribution in [2.24, 2.45) is 0 Å². The van der Waals surface area contributed by atoms with Gasteiger partial charge >= 0.3 is 0 Å². The fourth-order valence-electron chi connectivity index (χ4n) is 2.57. The summed E-state index contributed by atoms with van der Waals surface area (Å²) in [5, 5.41) is 3.09. The lowest BCUT2D eigenvalue weighted by Crippen LogP contribution is -2.57. The summed E-state index contributed by atoms with van der Waals surface area (Å²) in [5.74, 6) is 0.0362. The van der Waals surface area contributed by atoms with E-state index in [1.807, 2.05) is 25.7 Å². The van der Waals surface area contributed by atoms with Crippen LogP contribution in [0.5, 0.6) is 0 Å². The number of furan rings is 1. The Morgan fingerprint density at radius 2 is 1.96 bits per heavy atom. The van der Waals surface area contributed by atoms with E-state index in [0.717, 1.165) is 6.42 Å². The van der Waals surface area contributed by atoms with Crippen molar-refractivity contribution in [2.45, 2.75) is 45.7 Å². The molecule has 23 heavy (non-hydrogen) atoms. The van der Waals surface area contributed by atoms with Crippen LogP contribution in [0.1, 0.15) is 44.5 Å². The minimum absolute atomic E-state index is 0.0115. The van der Waals surface area contributed by atoms with E-state index in [1.54, 1.807) is 6.07 Å². The predicted molar refractivity (Wildman–Crippen MR) is 88.2 cm³/mol. The number of hydrogen-bond donors (Lipinski definition) is 1. The molecule has 0 bridgehead atoms. The monoisotopic (exact) mass is 321 g/mol. The second kappa shape index (κ2) is 7.17. The predicted octanol–water partition coefficient (Wildman–Crippen LogP) is 1.73. The Morgan fingerprint density at radius 1 is 1.30 bits per heavy atom. The normalized spacial score (nSPS) is 17.8. The maximum atomic E-state index is 12.4. The molecule has 0 saturated carbocycles. The quantitative estimate of drug-likeness (QED) is 0.897. The number of amides is 2. The summed E-state index contributed by atoms with van der Waals surface area (Å²) in [4.78, 5) is 28.6. The summed E-state index contributed by atoms with van der Waals surface area (Å²) in [5.41, 5.74) is 0.388. The van der Waals surface area contributed by atoms with E-state index in [4.69, 9.17) is 4.42 Å². The fraction of sp³-hybridized carbons (Fsp3) is 0.647. The second-order valence-corrected chi connectivity index (χ2v) is 6.74. The van der Waals surface area contributed by atoms with Crippen molar-refractivity contribution in [2.75, 3.05) is 26.2 Å². The van der Waals surface area contributed by atoms with Crippen molar-refractivity contribution in [1.82, 2.24) is 15.1 Å². The van der Waals surface area contributed by atoms with Crippen molar-refractivity contribution >= 4 is 11.8 Å². The Hall–Kier alpha value is -1.82. The van der Waals surface area contributed by atoms with Gasteiger partial charge in [0.05, 0.1) is 17.9 Å². The molecule has 1 aromatic heterocycles. The van der Waals surface area contributed by atoms with Crippen LogP contribution >= 0.6 is 0 Å². The zero-order chi connectivity index (χ0) is 17.0. The van der Waals surface area contributed by atoms with Gasteiger partial charge < -0.3 is 14.6 Å². The molecule has 1 fully saturated rings. The first-order chi connectivity index (χ1) is 10.8. The van der Waals surface area contributed by atoms with Gasteiger partial charge in [0, 0.05) is 31.7 Å². The highest BCUT2D eigenvalue weighted by atomic mass is 16.3. The lowest BCUT2D eigenvalue weighted by molar-refractivity contribution is -0.128. The lowest BCUT2D eigenvalue weighted by Gasteiger charge is -2.38. The first kappa shape index (κ1) is 17.5. The van der Waals surface area contributed by atoms with Crippen LogP contribution in [0.15, 0.2) is 23.0 Å². The van der Waals surface area contributed by atoms with E-state index in [2.05, 4.69) is 17.1 Å². The Labute approximate surface area is 137 Å². The van der Waals surface area contributed by atoms with Crippen LogP contribution in [0.4, 0.5) is 0 Å². The molecule has 6 heteroatoms. The fourth-order valence-corrected chi connectivity index (χ4v) is 2.57. The summed E-state index contributed by atoms with van der Waals surface area (Å²) in [7, 11) is 0. The molecule has 128 valence electrons. The molecule has 2 heterocycles. The molecule has 1 N–H and O–H groups in total. The Balaban J connectivity index is 1.86. The second-order valence-electron chi connectivity index (χ2n) is 6.74. The van der Waals surface area contributed by atoms with Gasteiger partial charge in [-0.3, -0.25) is 14.5 Å². The summed E-state index contributed by atoms with van der Waals surface area (Å²) in [6.45, 7) is 10.7. The van der Waals surface area contributed by atoms with Crippen molar-refractivity contribution in [3.63, 3.8) is 0 Å². The molecule has 1 atom stereocenters. The third-order valence-electron chi connectivity index (χ3n) is 4.64. The largest absolute Gasteiger partial charge is 0.472 e. The zero-order valence-electron chi connectivity index (χ0n) is 14.5. The van der Waals surface area contributed by atoms with Crippen molar-refractivity contribution in [1.29, 1.82) is 0 Å². The number of carbonyl (C=O) groups is 2. The van der Waals surface area contributed by atoms with E-state index < -0.39 is 0 Å². The Morgan fingerprint density at radius 3 is 2.48 bits per heavy atom.